The predicted octanol–water partition coefficient (Wildman–Crippen LogP) is 0.766. The fourth-order valence-electron chi connectivity index (χ4n) is 2.57. The van der Waals surface area contributed by atoms with Crippen LogP contribution >= 0.6 is 0 Å². The van der Waals surface area contributed by atoms with Crippen molar-refractivity contribution in [3.05, 3.63) is 24.4 Å². The van der Waals surface area contributed by atoms with E-state index in [1.165, 1.54) is 6.33 Å². The van der Waals surface area contributed by atoms with Crippen molar-refractivity contribution in [2.75, 3.05) is 13.1 Å². The standard InChI is InChI=1S/C13H18N6O2/c1-10-16-13(21-17-10)11-4-6-18(7-11)12(20)3-2-5-19-9-14-8-15-19/h8-9,11H,2-7H2,1H3. The number of nitrogens with zero attached hydrogens (tertiary/aromatic N) is 6. The molecule has 0 N–H and O–H groups in total. The van der Waals surface area contributed by atoms with Crippen LogP contribution in [0.4, 0.5) is 0 Å². The Morgan fingerprint density at radius 2 is 2.43 bits per heavy atom. The highest BCUT2D eigenvalue weighted by Gasteiger charge is 2.30. The molecule has 3 rings (SSSR count). The van der Waals surface area contributed by atoms with Gasteiger partial charge in [0.15, 0.2) is 5.82 Å². The maximum Gasteiger partial charge on any atom is 0.231 e. The monoisotopic (exact) mass is 290 g/mol. The Labute approximate surface area is 122 Å². The van der Waals surface area contributed by atoms with E-state index in [0.717, 1.165) is 19.4 Å². The van der Waals surface area contributed by atoms with Gasteiger partial charge in [0.25, 0.3) is 0 Å². The molecular weight excluding hydrogens is 272 g/mol. The zero-order valence-corrected chi connectivity index (χ0v) is 12.0. The smallest absolute Gasteiger partial charge is 0.231 e. The molecule has 3 heterocycles. The molecule has 21 heavy (non-hydrogen) atoms. The lowest BCUT2D eigenvalue weighted by atomic mass is 10.1. The van der Waals surface area contributed by atoms with Gasteiger partial charge in [-0.2, -0.15) is 10.1 Å². The van der Waals surface area contributed by atoms with Gasteiger partial charge in [-0.05, 0) is 19.8 Å². The van der Waals surface area contributed by atoms with E-state index in [2.05, 4.69) is 20.2 Å². The van der Waals surface area contributed by atoms with Gasteiger partial charge in [0.05, 0.1) is 5.92 Å². The first-order valence-corrected chi connectivity index (χ1v) is 7.13. The van der Waals surface area contributed by atoms with E-state index < -0.39 is 0 Å². The first-order chi connectivity index (χ1) is 10.2. The van der Waals surface area contributed by atoms with Crippen LogP contribution in [-0.2, 0) is 11.3 Å². The highest BCUT2D eigenvalue weighted by molar-refractivity contribution is 5.76. The third-order valence-corrected chi connectivity index (χ3v) is 3.68. The molecule has 2 aromatic rings. The number of aromatic nitrogens is 5. The average Bonchev–Trinajstić information content (AvgIpc) is 3.19. The molecule has 0 spiro atoms. The van der Waals surface area contributed by atoms with Crippen LogP contribution in [0.1, 0.15) is 36.9 Å². The minimum Gasteiger partial charge on any atom is -0.342 e. The summed E-state index contributed by atoms with van der Waals surface area (Å²) in [5.74, 6) is 1.63. The van der Waals surface area contributed by atoms with Gasteiger partial charge in [-0.15, -0.1) is 0 Å². The summed E-state index contributed by atoms with van der Waals surface area (Å²) in [5, 5.41) is 7.82. The number of amides is 1. The number of carbonyl (C=O) groups excluding carboxylic acids is 1. The van der Waals surface area contributed by atoms with Gasteiger partial charge >= 0.3 is 0 Å². The van der Waals surface area contributed by atoms with Crippen molar-refractivity contribution in [3.8, 4) is 0 Å². The minimum atomic E-state index is 0.172. The van der Waals surface area contributed by atoms with Gasteiger partial charge in [-0.1, -0.05) is 5.16 Å². The number of hydrogen-bond acceptors (Lipinski definition) is 6. The normalized spacial score (nSPS) is 18.3. The Kier molecular flexibility index (Phi) is 3.94. The Morgan fingerprint density at radius 1 is 1.52 bits per heavy atom. The number of aryl methyl sites for hydroxylation is 2. The molecule has 2 aromatic heterocycles. The molecule has 1 aliphatic rings. The van der Waals surface area contributed by atoms with E-state index in [1.54, 1.807) is 17.9 Å². The number of likely N-dealkylation sites (tertiary alicyclic amines) is 1. The lowest BCUT2D eigenvalue weighted by Crippen LogP contribution is -2.28. The molecule has 1 aliphatic heterocycles. The van der Waals surface area contributed by atoms with Crippen LogP contribution in [-0.4, -0.2) is 48.8 Å². The van der Waals surface area contributed by atoms with E-state index in [4.69, 9.17) is 4.52 Å². The summed E-state index contributed by atoms with van der Waals surface area (Å²) in [4.78, 5) is 22.2. The quantitative estimate of drug-likeness (QED) is 0.807. The number of hydrogen-bond donors (Lipinski definition) is 0. The van der Waals surface area contributed by atoms with Gasteiger partial charge in [-0.25, -0.2) is 4.98 Å². The van der Waals surface area contributed by atoms with Crippen molar-refractivity contribution in [3.63, 3.8) is 0 Å². The summed E-state index contributed by atoms with van der Waals surface area (Å²) in [6.07, 6.45) is 5.34. The zero-order chi connectivity index (χ0) is 14.7. The second kappa shape index (κ2) is 6.02. The number of carbonyl (C=O) groups is 1. The lowest BCUT2D eigenvalue weighted by Gasteiger charge is -2.15. The molecule has 1 atom stereocenters. The van der Waals surface area contributed by atoms with Crippen LogP contribution in [0.2, 0.25) is 0 Å². The largest absolute Gasteiger partial charge is 0.342 e. The Morgan fingerprint density at radius 3 is 3.14 bits per heavy atom. The van der Waals surface area contributed by atoms with Crippen LogP contribution in [0.15, 0.2) is 17.2 Å². The molecule has 0 radical (unpaired) electrons. The van der Waals surface area contributed by atoms with E-state index in [-0.39, 0.29) is 11.8 Å². The summed E-state index contributed by atoms with van der Waals surface area (Å²) in [7, 11) is 0. The first kappa shape index (κ1) is 13.7. The van der Waals surface area contributed by atoms with E-state index in [0.29, 0.717) is 31.2 Å². The average molecular weight is 290 g/mol. The maximum atomic E-state index is 12.2. The molecule has 0 saturated carbocycles. The van der Waals surface area contributed by atoms with Gasteiger partial charge in [0.1, 0.15) is 12.7 Å². The van der Waals surface area contributed by atoms with E-state index in [1.807, 2.05) is 4.90 Å². The molecule has 0 aliphatic carbocycles. The summed E-state index contributed by atoms with van der Waals surface area (Å²) in [6, 6.07) is 0. The Balaban J connectivity index is 1.46. The molecule has 112 valence electrons. The highest BCUT2D eigenvalue weighted by Crippen LogP contribution is 2.26. The second-order valence-corrected chi connectivity index (χ2v) is 5.27. The fourth-order valence-corrected chi connectivity index (χ4v) is 2.57. The van der Waals surface area contributed by atoms with Gasteiger partial charge in [0, 0.05) is 26.1 Å². The SMILES string of the molecule is Cc1noc(C2CCN(C(=O)CCCn3cncn3)C2)n1. The van der Waals surface area contributed by atoms with Gasteiger partial charge < -0.3 is 9.42 Å². The predicted molar refractivity (Wildman–Crippen MR) is 72.2 cm³/mol. The van der Waals surface area contributed by atoms with Crippen molar-refractivity contribution >= 4 is 5.91 Å². The third-order valence-electron chi connectivity index (χ3n) is 3.68. The topological polar surface area (TPSA) is 89.9 Å². The van der Waals surface area contributed by atoms with Crippen LogP contribution in [0.25, 0.3) is 0 Å². The molecule has 0 aromatic carbocycles. The second-order valence-electron chi connectivity index (χ2n) is 5.27. The zero-order valence-electron chi connectivity index (χ0n) is 12.0. The molecule has 1 amide bonds. The molecule has 8 heteroatoms. The molecule has 8 nitrogen and oxygen atoms in total. The maximum absolute atomic E-state index is 12.2. The Bertz CT molecular complexity index is 594. The number of rotatable bonds is 5. The Hall–Kier alpha value is -2.25. The van der Waals surface area contributed by atoms with Gasteiger partial charge in [0.2, 0.25) is 11.8 Å². The molecule has 1 unspecified atom stereocenters. The molecule has 1 fully saturated rings. The first-order valence-electron chi connectivity index (χ1n) is 7.13. The van der Waals surface area contributed by atoms with Crippen molar-refractivity contribution in [1.29, 1.82) is 0 Å². The van der Waals surface area contributed by atoms with E-state index >= 15 is 0 Å². The van der Waals surface area contributed by atoms with Crippen LogP contribution in [0, 0.1) is 6.92 Å². The van der Waals surface area contributed by atoms with Crippen LogP contribution < -0.4 is 0 Å². The van der Waals surface area contributed by atoms with Crippen LogP contribution in [0.5, 0.6) is 0 Å². The van der Waals surface area contributed by atoms with Crippen molar-refractivity contribution < 1.29 is 9.32 Å². The third kappa shape index (κ3) is 3.26. The summed E-state index contributed by atoms with van der Waals surface area (Å²) >= 11 is 0. The molecular formula is C13H18N6O2. The van der Waals surface area contributed by atoms with Crippen LogP contribution in [0.3, 0.4) is 0 Å². The van der Waals surface area contributed by atoms with Gasteiger partial charge in [-0.3, -0.25) is 9.48 Å². The van der Waals surface area contributed by atoms with E-state index in [9.17, 15) is 4.79 Å². The summed E-state index contributed by atoms with van der Waals surface area (Å²) in [6.45, 7) is 3.94. The molecule has 0 bridgehead atoms. The minimum absolute atomic E-state index is 0.172. The molecule has 1 saturated heterocycles. The summed E-state index contributed by atoms with van der Waals surface area (Å²) < 4.78 is 6.93. The highest BCUT2D eigenvalue weighted by atomic mass is 16.5. The summed E-state index contributed by atoms with van der Waals surface area (Å²) in [5.41, 5.74) is 0. The fraction of sp³-hybridized carbons (Fsp3) is 0.615. The van der Waals surface area contributed by atoms with Crippen molar-refractivity contribution in [2.24, 2.45) is 0 Å². The van der Waals surface area contributed by atoms with Crippen molar-refractivity contribution in [1.82, 2.24) is 29.8 Å². The van der Waals surface area contributed by atoms with Crippen molar-refractivity contribution in [2.45, 2.75) is 38.6 Å². The lowest BCUT2D eigenvalue weighted by molar-refractivity contribution is -0.130.